The summed E-state index contributed by atoms with van der Waals surface area (Å²) in [6.45, 7) is 3.05. The van der Waals surface area contributed by atoms with E-state index in [1.165, 1.54) is 4.31 Å². The van der Waals surface area contributed by atoms with Crippen LogP contribution in [0.5, 0.6) is 0 Å². The smallest absolute Gasteiger partial charge is 0.312 e. The first-order valence-electron chi connectivity index (χ1n) is 5.49. The van der Waals surface area contributed by atoms with Gasteiger partial charge in [-0.1, -0.05) is 0 Å². The van der Waals surface area contributed by atoms with E-state index in [4.69, 9.17) is 0 Å². The van der Waals surface area contributed by atoms with Crippen LogP contribution in [0.25, 0.3) is 0 Å². The second-order valence-corrected chi connectivity index (χ2v) is 6.34. The molecule has 0 amide bonds. The van der Waals surface area contributed by atoms with Gasteiger partial charge in [-0.25, -0.2) is 8.42 Å². The average Bonchev–Trinajstić information content (AvgIpc) is 2.15. The van der Waals surface area contributed by atoms with Gasteiger partial charge in [0.15, 0.2) is 0 Å². The summed E-state index contributed by atoms with van der Waals surface area (Å²) in [5.41, 5.74) is 0. The molecule has 0 aromatic heterocycles. The monoisotopic (exact) mass is 274 g/mol. The van der Waals surface area contributed by atoms with Gasteiger partial charge in [-0.3, -0.25) is 0 Å². The van der Waals surface area contributed by atoms with Crippen LogP contribution in [0.4, 0.5) is 13.2 Å². The summed E-state index contributed by atoms with van der Waals surface area (Å²) in [6.07, 6.45) is -5.70. The zero-order valence-corrected chi connectivity index (χ0v) is 10.4. The summed E-state index contributed by atoms with van der Waals surface area (Å²) in [6, 6.07) is 0.0427. The number of sulfonamides is 1. The van der Waals surface area contributed by atoms with Crippen molar-refractivity contribution in [3.63, 3.8) is 0 Å². The zero-order chi connectivity index (χ0) is 13.1. The van der Waals surface area contributed by atoms with Crippen LogP contribution in [0.3, 0.4) is 0 Å². The largest absolute Gasteiger partial charge is 0.389 e. The molecule has 1 heterocycles. The topological polar surface area (TPSA) is 49.4 Å². The fraction of sp³-hybridized carbons (Fsp3) is 1.00. The Labute approximate surface area is 99.2 Å². The van der Waals surface area contributed by atoms with Crippen LogP contribution in [-0.2, 0) is 10.0 Å². The standard InChI is InChI=1S/C9H17F3N2O2S/c1-8-7-14(5-4-13-8)17(15,16)6-2-3-9(10,11)12/h8,13H,2-7H2,1H3/t8-/m0/s1. The molecule has 1 atom stereocenters. The van der Waals surface area contributed by atoms with Crippen LogP contribution in [0, 0.1) is 0 Å². The lowest BCUT2D eigenvalue weighted by atomic mass is 10.3. The predicted molar refractivity (Wildman–Crippen MR) is 58.1 cm³/mol. The first kappa shape index (κ1) is 14.7. The molecule has 0 saturated carbocycles. The van der Waals surface area contributed by atoms with Gasteiger partial charge >= 0.3 is 6.18 Å². The minimum atomic E-state index is -4.29. The molecular weight excluding hydrogens is 257 g/mol. The molecular formula is C9H17F3N2O2S. The molecule has 4 nitrogen and oxygen atoms in total. The number of nitrogens with zero attached hydrogens (tertiary/aromatic N) is 1. The predicted octanol–water partition coefficient (Wildman–Crippen LogP) is 0.952. The molecule has 0 spiro atoms. The summed E-state index contributed by atoms with van der Waals surface area (Å²) in [5.74, 6) is -0.431. The third-order valence-corrected chi connectivity index (χ3v) is 4.51. The van der Waals surface area contributed by atoms with Gasteiger partial charge in [0, 0.05) is 32.1 Å². The molecule has 1 N–H and O–H groups in total. The van der Waals surface area contributed by atoms with Gasteiger partial charge in [0.25, 0.3) is 0 Å². The first-order valence-corrected chi connectivity index (χ1v) is 7.09. The maximum Gasteiger partial charge on any atom is 0.389 e. The van der Waals surface area contributed by atoms with Gasteiger partial charge < -0.3 is 5.32 Å². The van der Waals surface area contributed by atoms with Crippen LogP contribution in [0.2, 0.25) is 0 Å². The lowest BCUT2D eigenvalue weighted by molar-refractivity contribution is -0.134. The first-order chi connectivity index (χ1) is 7.71. The Bertz CT molecular complexity index is 343. The van der Waals surface area contributed by atoms with Crippen molar-refractivity contribution in [2.45, 2.75) is 32.0 Å². The van der Waals surface area contributed by atoms with E-state index in [1.807, 2.05) is 6.92 Å². The minimum Gasteiger partial charge on any atom is -0.312 e. The fourth-order valence-electron chi connectivity index (χ4n) is 1.73. The van der Waals surface area contributed by atoms with Crippen LogP contribution < -0.4 is 5.32 Å². The second kappa shape index (κ2) is 5.53. The lowest BCUT2D eigenvalue weighted by Gasteiger charge is -2.31. The molecule has 17 heavy (non-hydrogen) atoms. The molecule has 1 aliphatic rings. The maximum absolute atomic E-state index is 11.9. The molecule has 8 heteroatoms. The summed E-state index contributed by atoms with van der Waals surface area (Å²) < 4.78 is 60.5. The molecule has 1 fully saturated rings. The van der Waals surface area contributed by atoms with Crippen molar-refractivity contribution in [2.75, 3.05) is 25.4 Å². The Morgan fingerprint density at radius 3 is 2.59 bits per heavy atom. The molecule has 0 radical (unpaired) electrons. The Morgan fingerprint density at radius 2 is 2.06 bits per heavy atom. The van der Waals surface area contributed by atoms with E-state index in [-0.39, 0.29) is 12.5 Å². The summed E-state index contributed by atoms with van der Waals surface area (Å²) in [7, 11) is -3.55. The summed E-state index contributed by atoms with van der Waals surface area (Å²) in [5, 5.41) is 3.08. The third-order valence-electron chi connectivity index (χ3n) is 2.59. The van der Waals surface area contributed by atoms with Crippen LogP contribution >= 0.6 is 0 Å². The van der Waals surface area contributed by atoms with Crippen LogP contribution in [0.1, 0.15) is 19.8 Å². The minimum absolute atomic E-state index is 0.0427. The molecule has 102 valence electrons. The van der Waals surface area contributed by atoms with Crippen molar-refractivity contribution < 1.29 is 21.6 Å². The van der Waals surface area contributed by atoms with Gasteiger partial charge in [-0.15, -0.1) is 0 Å². The highest BCUT2D eigenvalue weighted by molar-refractivity contribution is 7.89. The van der Waals surface area contributed by atoms with Crippen molar-refractivity contribution in [2.24, 2.45) is 0 Å². The Kier molecular flexibility index (Phi) is 4.79. The molecule has 0 unspecified atom stereocenters. The molecule has 1 aliphatic heterocycles. The third kappa shape index (κ3) is 5.22. The van der Waals surface area contributed by atoms with Crippen LogP contribution in [0.15, 0.2) is 0 Å². The maximum atomic E-state index is 11.9. The zero-order valence-electron chi connectivity index (χ0n) is 9.63. The van der Waals surface area contributed by atoms with E-state index in [1.54, 1.807) is 0 Å². The highest BCUT2D eigenvalue weighted by atomic mass is 32.2. The highest BCUT2D eigenvalue weighted by Crippen LogP contribution is 2.22. The van der Waals surface area contributed by atoms with Gasteiger partial charge in [-0.2, -0.15) is 17.5 Å². The van der Waals surface area contributed by atoms with Crippen LogP contribution in [-0.4, -0.2) is 50.3 Å². The number of alkyl halides is 3. The number of hydrogen-bond acceptors (Lipinski definition) is 3. The number of halogens is 3. The Morgan fingerprint density at radius 1 is 1.41 bits per heavy atom. The van der Waals surface area contributed by atoms with Gasteiger partial charge in [0.05, 0.1) is 5.75 Å². The Balaban J connectivity index is 2.45. The molecule has 0 aromatic rings. The van der Waals surface area contributed by atoms with E-state index in [9.17, 15) is 21.6 Å². The second-order valence-electron chi connectivity index (χ2n) is 4.25. The van der Waals surface area contributed by atoms with E-state index in [2.05, 4.69) is 5.32 Å². The average molecular weight is 274 g/mol. The van der Waals surface area contributed by atoms with Crippen molar-refractivity contribution in [3.05, 3.63) is 0 Å². The van der Waals surface area contributed by atoms with Crippen molar-refractivity contribution in [1.82, 2.24) is 9.62 Å². The van der Waals surface area contributed by atoms with Gasteiger partial charge in [0.1, 0.15) is 0 Å². The molecule has 1 rings (SSSR count). The van der Waals surface area contributed by atoms with Gasteiger partial charge in [-0.05, 0) is 13.3 Å². The van der Waals surface area contributed by atoms with Crippen molar-refractivity contribution >= 4 is 10.0 Å². The van der Waals surface area contributed by atoms with Gasteiger partial charge in [0.2, 0.25) is 10.0 Å². The number of piperazine rings is 1. The lowest BCUT2D eigenvalue weighted by Crippen LogP contribution is -2.51. The van der Waals surface area contributed by atoms with E-state index in [0.29, 0.717) is 19.6 Å². The molecule has 0 aromatic carbocycles. The normalized spacial score (nSPS) is 23.9. The van der Waals surface area contributed by atoms with E-state index >= 15 is 0 Å². The summed E-state index contributed by atoms with van der Waals surface area (Å²) >= 11 is 0. The SMILES string of the molecule is C[C@H]1CN(S(=O)(=O)CCCC(F)(F)F)CCN1. The van der Waals surface area contributed by atoms with E-state index in [0.717, 1.165) is 0 Å². The quantitative estimate of drug-likeness (QED) is 0.830. The Hall–Kier alpha value is -0.340. The number of hydrogen-bond donors (Lipinski definition) is 1. The van der Waals surface area contributed by atoms with Crippen molar-refractivity contribution in [1.29, 1.82) is 0 Å². The summed E-state index contributed by atoms with van der Waals surface area (Å²) in [4.78, 5) is 0. The highest BCUT2D eigenvalue weighted by Gasteiger charge is 2.30. The number of nitrogens with one attached hydrogen (secondary N) is 1. The van der Waals surface area contributed by atoms with E-state index < -0.39 is 28.4 Å². The van der Waals surface area contributed by atoms with Crippen molar-refractivity contribution in [3.8, 4) is 0 Å². The molecule has 1 saturated heterocycles. The fourth-order valence-corrected chi connectivity index (χ4v) is 3.32. The number of rotatable bonds is 4. The molecule has 0 bridgehead atoms. The molecule has 0 aliphatic carbocycles.